The third kappa shape index (κ3) is 3.31. The van der Waals surface area contributed by atoms with Crippen LogP contribution < -0.4 is 10.5 Å². The zero-order valence-electron chi connectivity index (χ0n) is 10.4. The van der Waals surface area contributed by atoms with E-state index < -0.39 is 10.0 Å². The number of rotatable bonds is 5. The van der Waals surface area contributed by atoms with Crippen LogP contribution in [0.5, 0.6) is 0 Å². The highest BCUT2D eigenvalue weighted by Crippen LogP contribution is 2.20. The molecule has 0 saturated carbocycles. The van der Waals surface area contributed by atoms with Gasteiger partial charge in [0.25, 0.3) is 0 Å². The number of nitrogen functional groups attached to an aromatic ring is 1. The molecule has 0 bridgehead atoms. The van der Waals surface area contributed by atoms with E-state index in [9.17, 15) is 8.42 Å². The molecule has 0 aliphatic heterocycles. The molecule has 0 amide bonds. The van der Waals surface area contributed by atoms with Gasteiger partial charge in [-0.3, -0.25) is 0 Å². The maximum Gasteiger partial charge on any atom is 0.242 e. The van der Waals surface area contributed by atoms with Gasteiger partial charge in [-0.25, -0.2) is 18.1 Å². The first kappa shape index (κ1) is 14.0. The Morgan fingerprint density at radius 1 is 1.42 bits per heavy atom. The number of anilines is 1. The molecule has 0 spiro atoms. The minimum Gasteiger partial charge on any atom is -0.398 e. The zero-order valence-corrected chi connectivity index (χ0v) is 12.0. The first-order valence-corrected chi connectivity index (χ1v) is 8.10. The quantitative estimate of drug-likeness (QED) is 0.824. The number of nitrogens with two attached hydrogens (primary N) is 1. The van der Waals surface area contributed by atoms with Gasteiger partial charge in [0.15, 0.2) is 0 Å². The van der Waals surface area contributed by atoms with Crippen molar-refractivity contribution in [3.8, 4) is 0 Å². The van der Waals surface area contributed by atoms with Crippen molar-refractivity contribution < 1.29 is 8.42 Å². The van der Waals surface area contributed by atoms with Gasteiger partial charge in [0.1, 0.15) is 4.90 Å². The van der Waals surface area contributed by atoms with Gasteiger partial charge in [0.2, 0.25) is 10.0 Å². The third-order valence-electron chi connectivity index (χ3n) is 2.66. The summed E-state index contributed by atoms with van der Waals surface area (Å²) in [5.41, 5.74) is 5.93. The lowest BCUT2D eigenvalue weighted by atomic mass is 10.2. The Labute approximate surface area is 116 Å². The van der Waals surface area contributed by atoms with Crippen LogP contribution in [0.1, 0.15) is 17.8 Å². The minimum atomic E-state index is -3.58. The molecule has 5 nitrogen and oxygen atoms in total. The topological polar surface area (TPSA) is 85.1 Å². The Morgan fingerprint density at radius 2 is 2.16 bits per heavy atom. The van der Waals surface area contributed by atoms with Crippen molar-refractivity contribution in [2.24, 2.45) is 0 Å². The molecule has 1 heterocycles. The lowest BCUT2D eigenvalue weighted by molar-refractivity contribution is 0.575. The van der Waals surface area contributed by atoms with E-state index in [0.717, 1.165) is 5.01 Å². The van der Waals surface area contributed by atoms with E-state index in [0.29, 0.717) is 6.54 Å². The third-order valence-corrected chi connectivity index (χ3v) is 5.17. The van der Waals surface area contributed by atoms with E-state index in [-0.39, 0.29) is 16.5 Å². The lowest BCUT2D eigenvalue weighted by Crippen LogP contribution is -2.28. The number of nitrogens with zero attached hydrogens (tertiary/aromatic N) is 1. The van der Waals surface area contributed by atoms with Gasteiger partial charge in [-0.1, -0.05) is 19.1 Å². The molecule has 0 radical (unpaired) electrons. The molecule has 1 aromatic carbocycles. The Kier molecular flexibility index (Phi) is 4.18. The number of para-hydroxylation sites is 1. The monoisotopic (exact) mass is 297 g/mol. The van der Waals surface area contributed by atoms with Crippen LogP contribution in [0.15, 0.2) is 40.7 Å². The van der Waals surface area contributed by atoms with Crippen molar-refractivity contribution in [1.82, 2.24) is 9.71 Å². The molecule has 0 saturated heterocycles. The second-order valence-corrected chi connectivity index (χ2v) is 6.82. The van der Waals surface area contributed by atoms with Crippen molar-refractivity contribution >= 4 is 27.0 Å². The van der Waals surface area contributed by atoms with Crippen molar-refractivity contribution in [2.75, 3.05) is 12.3 Å². The maximum atomic E-state index is 12.1. The van der Waals surface area contributed by atoms with Crippen molar-refractivity contribution in [1.29, 1.82) is 0 Å². The van der Waals surface area contributed by atoms with Crippen LogP contribution >= 0.6 is 11.3 Å². The highest BCUT2D eigenvalue weighted by molar-refractivity contribution is 7.89. The summed E-state index contributed by atoms with van der Waals surface area (Å²) in [5, 5.41) is 2.78. The second kappa shape index (κ2) is 5.68. The van der Waals surface area contributed by atoms with E-state index in [1.807, 2.05) is 12.3 Å². The van der Waals surface area contributed by atoms with E-state index in [2.05, 4.69) is 9.71 Å². The van der Waals surface area contributed by atoms with Gasteiger partial charge in [0, 0.05) is 24.0 Å². The van der Waals surface area contributed by atoms with Crippen LogP contribution in [-0.2, 0) is 10.0 Å². The summed E-state index contributed by atoms with van der Waals surface area (Å²) >= 11 is 1.51. The molecule has 1 atom stereocenters. The largest absolute Gasteiger partial charge is 0.398 e. The number of aromatic nitrogens is 1. The smallest absolute Gasteiger partial charge is 0.242 e. The van der Waals surface area contributed by atoms with Crippen LogP contribution in [0.3, 0.4) is 0 Å². The molecular weight excluding hydrogens is 282 g/mol. The average Bonchev–Trinajstić information content (AvgIpc) is 2.90. The Balaban J connectivity index is 2.09. The summed E-state index contributed by atoms with van der Waals surface area (Å²) in [7, 11) is -3.58. The fourth-order valence-electron chi connectivity index (χ4n) is 1.60. The summed E-state index contributed by atoms with van der Waals surface area (Å²) in [6, 6.07) is 6.41. The second-order valence-electron chi connectivity index (χ2n) is 4.16. The van der Waals surface area contributed by atoms with Crippen molar-refractivity contribution in [3.63, 3.8) is 0 Å². The number of hydrogen-bond donors (Lipinski definition) is 2. The highest BCUT2D eigenvalue weighted by atomic mass is 32.2. The van der Waals surface area contributed by atoms with Crippen molar-refractivity contribution in [2.45, 2.75) is 17.7 Å². The standard InChI is InChI=1S/C12H15N3O2S2/c1-9(12-14-6-7-18-12)8-15-19(16,17)11-5-3-2-4-10(11)13/h2-7,9,15H,8,13H2,1H3. The first-order chi connectivity index (χ1) is 9.00. The van der Waals surface area contributed by atoms with Crippen LogP contribution in [0, 0.1) is 0 Å². The molecule has 1 unspecified atom stereocenters. The van der Waals surface area contributed by atoms with E-state index in [4.69, 9.17) is 5.73 Å². The predicted molar refractivity (Wildman–Crippen MR) is 76.6 cm³/mol. The summed E-state index contributed by atoms with van der Waals surface area (Å²) in [6.07, 6.45) is 1.71. The summed E-state index contributed by atoms with van der Waals surface area (Å²) in [6.45, 7) is 2.22. The number of thiazole rings is 1. The number of benzene rings is 1. The molecule has 102 valence electrons. The molecule has 2 aromatic rings. The molecule has 0 fully saturated rings. The average molecular weight is 297 g/mol. The number of sulfonamides is 1. The fraction of sp³-hybridized carbons (Fsp3) is 0.250. The summed E-state index contributed by atoms with van der Waals surface area (Å²) in [5.74, 6) is 0.0275. The minimum absolute atomic E-state index is 0.0275. The SMILES string of the molecule is CC(CNS(=O)(=O)c1ccccc1N)c1nccs1. The fourth-order valence-corrected chi connectivity index (χ4v) is 3.56. The number of nitrogens with one attached hydrogen (secondary N) is 1. The Bertz CT molecular complexity index is 639. The molecule has 3 N–H and O–H groups in total. The van der Waals surface area contributed by atoms with Gasteiger partial charge in [-0.15, -0.1) is 11.3 Å². The molecule has 0 aliphatic carbocycles. The molecule has 7 heteroatoms. The van der Waals surface area contributed by atoms with Crippen LogP contribution in [-0.4, -0.2) is 19.9 Å². The van der Waals surface area contributed by atoms with Crippen LogP contribution in [0.25, 0.3) is 0 Å². The molecule has 19 heavy (non-hydrogen) atoms. The Hall–Kier alpha value is -1.44. The number of hydrogen-bond acceptors (Lipinski definition) is 5. The van der Waals surface area contributed by atoms with Gasteiger partial charge in [0.05, 0.1) is 10.7 Å². The lowest BCUT2D eigenvalue weighted by Gasteiger charge is -2.12. The van der Waals surface area contributed by atoms with Crippen LogP contribution in [0.2, 0.25) is 0 Å². The molecular formula is C12H15N3O2S2. The molecule has 0 aliphatic rings. The summed E-state index contributed by atoms with van der Waals surface area (Å²) < 4.78 is 26.8. The Morgan fingerprint density at radius 3 is 2.79 bits per heavy atom. The van der Waals surface area contributed by atoms with E-state index >= 15 is 0 Å². The van der Waals surface area contributed by atoms with E-state index in [1.165, 1.54) is 17.4 Å². The highest BCUT2D eigenvalue weighted by Gasteiger charge is 2.18. The van der Waals surface area contributed by atoms with E-state index in [1.54, 1.807) is 24.4 Å². The molecule has 1 aromatic heterocycles. The van der Waals surface area contributed by atoms with Crippen molar-refractivity contribution in [3.05, 3.63) is 40.8 Å². The molecule has 2 rings (SSSR count). The van der Waals surface area contributed by atoms with Gasteiger partial charge in [-0.2, -0.15) is 0 Å². The van der Waals surface area contributed by atoms with Gasteiger partial charge >= 0.3 is 0 Å². The predicted octanol–water partition coefficient (Wildman–Crippen LogP) is 1.81. The summed E-state index contributed by atoms with van der Waals surface area (Å²) in [4.78, 5) is 4.28. The van der Waals surface area contributed by atoms with Gasteiger partial charge in [-0.05, 0) is 12.1 Å². The van der Waals surface area contributed by atoms with Gasteiger partial charge < -0.3 is 5.73 Å². The maximum absolute atomic E-state index is 12.1. The first-order valence-electron chi connectivity index (χ1n) is 5.74. The van der Waals surface area contributed by atoms with Crippen LogP contribution in [0.4, 0.5) is 5.69 Å². The normalized spacial score (nSPS) is 13.3. The zero-order chi connectivity index (χ0) is 13.9.